The molecule has 88 valence electrons. The number of carbonyl (C=O) groups is 1. The van der Waals surface area contributed by atoms with E-state index in [-0.39, 0.29) is 12.5 Å². The topological polar surface area (TPSA) is 58.6 Å². The van der Waals surface area contributed by atoms with Gasteiger partial charge in [0.15, 0.2) is 0 Å². The molecule has 0 saturated heterocycles. The fraction of sp³-hybridized carbons (Fsp3) is 0.417. The average Bonchev–Trinajstić information content (AvgIpc) is 2.28. The molecule has 4 nitrogen and oxygen atoms in total. The van der Waals surface area contributed by atoms with E-state index in [9.17, 15) is 4.79 Å². The first-order chi connectivity index (χ1) is 7.68. The van der Waals surface area contributed by atoms with Crippen molar-refractivity contribution in [2.45, 2.75) is 19.4 Å². The molecule has 0 aliphatic carbocycles. The van der Waals surface area contributed by atoms with Crippen molar-refractivity contribution in [3.8, 4) is 5.75 Å². The maximum absolute atomic E-state index is 11.2. The van der Waals surface area contributed by atoms with E-state index in [1.165, 1.54) is 0 Å². The minimum Gasteiger partial charge on any atom is -0.493 e. The van der Waals surface area contributed by atoms with Gasteiger partial charge in [-0.2, -0.15) is 0 Å². The normalized spacial score (nSPS) is 11.9. The molecule has 0 radical (unpaired) electrons. The van der Waals surface area contributed by atoms with Crippen molar-refractivity contribution in [3.05, 3.63) is 30.3 Å². The van der Waals surface area contributed by atoms with E-state index in [4.69, 9.17) is 9.84 Å². The van der Waals surface area contributed by atoms with Crippen LogP contribution < -0.4 is 10.1 Å². The highest BCUT2D eigenvalue weighted by Gasteiger charge is 2.02. The lowest BCUT2D eigenvalue weighted by Gasteiger charge is -2.08. The van der Waals surface area contributed by atoms with Crippen LogP contribution in [0.2, 0.25) is 0 Å². The smallest absolute Gasteiger partial charge is 0.223 e. The number of hydrogen-bond donors (Lipinski definition) is 2. The molecule has 1 rings (SSSR count). The Kier molecular flexibility index (Phi) is 5.36. The summed E-state index contributed by atoms with van der Waals surface area (Å²) in [6.07, 6.45) is -0.222. The number of aliphatic hydroxyl groups is 1. The fourth-order valence-corrected chi connectivity index (χ4v) is 1.13. The SMILES string of the molecule is C[C@H](O)CNC(=O)CCOc1ccccc1. The highest BCUT2D eigenvalue weighted by molar-refractivity contribution is 5.75. The van der Waals surface area contributed by atoms with E-state index in [0.717, 1.165) is 5.75 Å². The van der Waals surface area contributed by atoms with Gasteiger partial charge in [-0.1, -0.05) is 18.2 Å². The van der Waals surface area contributed by atoms with Gasteiger partial charge < -0.3 is 15.2 Å². The van der Waals surface area contributed by atoms with Crippen molar-refractivity contribution >= 4 is 5.91 Å². The summed E-state index contributed by atoms with van der Waals surface area (Å²) < 4.78 is 5.36. The Balaban J connectivity index is 2.13. The molecule has 0 aromatic heterocycles. The molecule has 0 fully saturated rings. The number of ether oxygens (including phenoxy) is 1. The Morgan fingerprint density at radius 3 is 2.75 bits per heavy atom. The van der Waals surface area contributed by atoms with Crippen LogP contribution >= 0.6 is 0 Å². The Morgan fingerprint density at radius 2 is 2.12 bits per heavy atom. The van der Waals surface area contributed by atoms with Crippen molar-refractivity contribution in [1.29, 1.82) is 0 Å². The van der Waals surface area contributed by atoms with Crippen molar-refractivity contribution in [3.63, 3.8) is 0 Å². The highest BCUT2D eigenvalue weighted by atomic mass is 16.5. The molecular formula is C12H17NO3. The van der Waals surface area contributed by atoms with E-state index in [0.29, 0.717) is 13.0 Å². The Labute approximate surface area is 95.2 Å². The van der Waals surface area contributed by atoms with Crippen LogP contribution in [0.3, 0.4) is 0 Å². The number of amides is 1. The average molecular weight is 223 g/mol. The van der Waals surface area contributed by atoms with E-state index in [2.05, 4.69) is 5.32 Å². The second-order valence-electron chi connectivity index (χ2n) is 3.56. The zero-order chi connectivity index (χ0) is 11.8. The summed E-state index contributed by atoms with van der Waals surface area (Å²) in [5.41, 5.74) is 0. The van der Waals surface area contributed by atoms with Gasteiger partial charge >= 0.3 is 0 Å². The summed E-state index contributed by atoms with van der Waals surface area (Å²) in [5.74, 6) is 0.641. The third-order valence-corrected chi connectivity index (χ3v) is 1.94. The Bertz CT molecular complexity index is 311. The summed E-state index contributed by atoms with van der Waals surface area (Å²) >= 11 is 0. The van der Waals surface area contributed by atoms with Gasteiger partial charge in [0.1, 0.15) is 5.75 Å². The summed E-state index contributed by atoms with van der Waals surface area (Å²) in [7, 11) is 0. The van der Waals surface area contributed by atoms with Crippen LogP contribution in [0.4, 0.5) is 0 Å². The van der Waals surface area contributed by atoms with Crippen LogP contribution in [0.5, 0.6) is 5.75 Å². The van der Waals surface area contributed by atoms with Crippen LogP contribution in [-0.4, -0.2) is 30.3 Å². The highest BCUT2D eigenvalue weighted by Crippen LogP contribution is 2.08. The number of carbonyl (C=O) groups excluding carboxylic acids is 1. The minimum absolute atomic E-state index is 0.114. The van der Waals surface area contributed by atoms with Gasteiger partial charge in [0, 0.05) is 6.54 Å². The van der Waals surface area contributed by atoms with Gasteiger partial charge in [-0.3, -0.25) is 4.79 Å². The maximum Gasteiger partial charge on any atom is 0.223 e. The van der Waals surface area contributed by atoms with Crippen molar-refractivity contribution < 1.29 is 14.6 Å². The summed E-state index contributed by atoms with van der Waals surface area (Å²) in [5, 5.41) is 11.6. The Hall–Kier alpha value is -1.55. The molecular weight excluding hydrogens is 206 g/mol. The van der Waals surface area contributed by atoms with E-state index in [1.807, 2.05) is 30.3 Å². The molecule has 2 N–H and O–H groups in total. The summed E-state index contributed by atoms with van der Waals surface area (Å²) in [6, 6.07) is 9.34. The number of benzene rings is 1. The molecule has 0 aliphatic heterocycles. The van der Waals surface area contributed by atoms with Crippen molar-refractivity contribution in [2.75, 3.05) is 13.2 Å². The second kappa shape index (κ2) is 6.85. The molecule has 0 heterocycles. The lowest BCUT2D eigenvalue weighted by atomic mass is 10.3. The number of aliphatic hydroxyl groups excluding tert-OH is 1. The molecule has 0 spiro atoms. The maximum atomic E-state index is 11.2. The number of hydrogen-bond acceptors (Lipinski definition) is 3. The number of para-hydroxylation sites is 1. The Morgan fingerprint density at radius 1 is 1.44 bits per heavy atom. The molecule has 0 saturated carbocycles. The zero-order valence-electron chi connectivity index (χ0n) is 9.35. The molecule has 0 unspecified atom stereocenters. The third kappa shape index (κ3) is 5.36. The van der Waals surface area contributed by atoms with E-state index < -0.39 is 6.10 Å². The molecule has 4 heteroatoms. The summed E-state index contributed by atoms with van der Waals surface area (Å²) in [6.45, 7) is 2.25. The number of nitrogens with one attached hydrogen (secondary N) is 1. The van der Waals surface area contributed by atoms with Gasteiger partial charge in [0.05, 0.1) is 19.1 Å². The van der Waals surface area contributed by atoms with E-state index in [1.54, 1.807) is 6.92 Å². The van der Waals surface area contributed by atoms with Crippen LogP contribution in [-0.2, 0) is 4.79 Å². The van der Waals surface area contributed by atoms with Crippen LogP contribution in [0, 0.1) is 0 Å². The monoisotopic (exact) mass is 223 g/mol. The van der Waals surface area contributed by atoms with Gasteiger partial charge in [-0.05, 0) is 19.1 Å². The van der Waals surface area contributed by atoms with Crippen LogP contribution in [0.1, 0.15) is 13.3 Å². The van der Waals surface area contributed by atoms with Crippen molar-refractivity contribution in [2.24, 2.45) is 0 Å². The molecule has 1 amide bonds. The lowest BCUT2D eigenvalue weighted by Crippen LogP contribution is -2.31. The first-order valence-corrected chi connectivity index (χ1v) is 5.31. The first-order valence-electron chi connectivity index (χ1n) is 5.31. The van der Waals surface area contributed by atoms with Gasteiger partial charge in [-0.25, -0.2) is 0 Å². The van der Waals surface area contributed by atoms with Gasteiger partial charge in [0.25, 0.3) is 0 Å². The van der Waals surface area contributed by atoms with E-state index >= 15 is 0 Å². The van der Waals surface area contributed by atoms with Gasteiger partial charge in [-0.15, -0.1) is 0 Å². The number of rotatable bonds is 6. The van der Waals surface area contributed by atoms with Crippen LogP contribution in [0.15, 0.2) is 30.3 Å². The second-order valence-corrected chi connectivity index (χ2v) is 3.56. The fourth-order valence-electron chi connectivity index (χ4n) is 1.13. The van der Waals surface area contributed by atoms with Crippen LogP contribution in [0.25, 0.3) is 0 Å². The zero-order valence-corrected chi connectivity index (χ0v) is 9.35. The third-order valence-electron chi connectivity index (χ3n) is 1.94. The van der Waals surface area contributed by atoms with Gasteiger partial charge in [0.2, 0.25) is 5.91 Å². The lowest BCUT2D eigenvalue weighted by molar-refractivity contribution is -0.122. The quantitative estimate of drug-likeness (QED) is 0.755. The molecule has 0 bridgehead atoms. The summed E-state index contributed by atoms with van der Waals surface area (Å²) in [4.78, 5) is 11.2. The largest absolute Gasteiger partial charge is 0.493 e. The first kappa shape index (κ1) is 12.5. The molecule has 1 atom stereocenters. The molecule has 1 aromatic carbocycles. The predicted molar refractivity (Wildman–Crippen MR) is 61.2 cm³/mol. The van der Waals surface area contributed by atoms with Crippen molar-refractivity contribution in [1.82, 2.24) is 5.32 Å². The predicted octanol–water partition coefficient (Wildman–Crippen LogP) is 0.952. The molecule has 16 heavy (non-hydrogen) atoms. The molecule has 1 aromatic rings. The minimum atomic E-state index is -0.515. The standard InChI is InChI=1S/C12H17NO3/c1-10(14)9-13-12(15)7-8-16-11-5-3-2-4-6-11/h2-6,10,14H,7-9H2,1H3,(H,13,15)/t10-/m0/s1. The molecule has 0 aliphatic rings.